The van der Waals surface area contributed by atoms with E-state index in [1.165, 1.54) is 0 Å². The molecule has 138 valence electrons. The van der Waals surface area contributed by atoms with Gasteiger partial charge in [-0.1, -0.05) is 48.5 Å². The summed E-state index contributed by atoms with van der Waals surface area (Å²) in [5.74, 6) is -0.929. The van der Waals surface area contributed by atoms with E-state index in [-0.39, 0.29) is 5.91 Å². The predicted molar refractivity (Wildman–Crippen MR) is 105 cm³/mol. The van der Waals surface area contributed by atoms with Gasteiger partial charge in [0.25, 0.3) is 5.91 Å². The topological polar surface area (TPSA) is 64.6 Å². The summed E-state index contributed by atoms with van der Waals surface area (Å²) in [6.07, 6.45) is -0.928. The smallest absolute Gasteiger partial charge is 0.338 e. The average Bonchev–Trinajstić information content (AvgIpc) is 2.68. The number of hydrogen-bond acceptors (Lipinski definition) is 4. The Labute approximate surface area is 157 Å². The Hall–Kier alpha value is -3.18. The van der Waals surface area contributed by atoms with Crippen molar-refractivity contribution in [2.75, 3.05) is 12.4 Å². The van der Waals surface area contributed by atoms with Gasteiger partial charge in [-0.25, -0.2) is 4.79 Å². The number of rotatable bonds is 6. The zero-order valence-electron chi connectivity index (χ0n) is 15.3. The van der Waals surface area contributed by atoms with Crippen LogP contribution in [0.1, 0.15) is 22.8 Å². The van der Waals surface area contributed by atoms with E-state index in [0.717, 1.165) is 16.3 Å². The van der Waals surface area contributed by atoms with E-state index in [1.807, 2.05) is 48.5 Å². The Bertz CT molecular complexity index is 962. The van der Waals surface area contributed by atoms with Crippen LogP contribution >= 0.6 is 0 Å². The highest BCUT2D eigenvalue weighted by molar-refractivity contribution is 6.04. The third kappa shape index (κ3) is 4.51. The second-order valence-corrected chi connectivity index (χ2v) is 6.20. The molecule has 0 aliphatic heterocycles. The number of esters is 1. The number of hydrogen-bond donors (Lipinski definition) is 1. The predicted octanol–water partition coefficient (Wildman–Crippen LogP) is 4.17. The fourth-order valence-corrected chi connectivity index (χ4v) is 2.81. The fraction of sp³-hybridized carbons (Fsp3) is 0.182. The molecular weight excluding hydrogens is 342 g/mol. The van der Waals surface area contributed by atoms with Gasteiger partial charge in [0.1, 0.15) is 0 Å². The minimum atomic E-state index is -0.928. The second kappa shape index (κ2) is 8.47. The number of carbonyl (C=O) groups is 2. The molecule has 0 aliphatic carbocycles. The first-order valence-corrected chi connectivity index (χ1v) is 8.66. The number of nitrogens with one attached hydrogen (secondary N) is 1. The third-order valence-corrected chi connectivity index (χ3v) is 4.17. The Morgan fingerprint density at radius 1 is 1.00 bits per heavy atom. The summed E-state index contributed by atoms with van der Waals surface area (Å²) >= 11 is 0. The van der Waals surface area contributed by atoms with Crippen LogP contribution in [0.25, 0.3) is 10.8 Å². The normalized spacial score (nSPS) is 11.8. The molecule has 0 heterocycles. The number of fused-ring (bicyclic) bond motifs is 1. The van der Waals surface area contributed by atoms with Gasteiger partial charge in [0.15, 0.2) is 6.10 Å². The van der Waals surface area contributed by atoms with Gasteiger partial charge in [0.2, 0.25) is 0 Å². The molecule has 0 saturated heterocycles. The third-order valence-electron chi connectivity index (χ3n) is 4.17. The molecule has 3 aromatic carbocycles. The van der Waals surface area contributed by atoms with Crippen LogP contribution < -0.4 is 5.32 Å². The molecule has 0 fully saturated rings. The van der Waals surface area contributed by atoms with Crippen LogP contribution in [-0.2, 0) is 20.9 Å². The summed E-state index contributed by atoms with van der Waals surface area (Å²) in [6, 6.07) is 20.4. The molecule has 0 aliphatic rings. The van der Waals surface area contributed by atoms with Crippen molar-refractivity contribution in [3.05, 3.63) is 77.9 Å². The highest BCUT2D eigenvalue weighted by atomic mass is 16.5. The molecule has 0 radical (unpaired) electrons. The van der Waals surface area contributed by atoms with Crippen molar-refractivity contribution < 1.29 is 19.1 Å². The quantitative estimate of drug-likeness (QED) is 0.668. The SMILES string of the molecule is COCc1cccc(C(=O)OC(C)C(=O)Nc2cccc3ccccc23)c1. The molecule has 0 bridgehead atoms. The minimum absolute atomic E-state index is 0.382. The van der Waals surface area contributed by atoms with Gasteiger partial charge in [0.05, 0.1) is 12.2 Å². The Balaban J connectivity index is 1.68. The lowest BCUT2D eigenvalue weighted by atomic mass is 10.1. The number of amides is 1. The molecule has 5 heteroatoms. The largest absolute Gasteiger partial charge is 0.449 e. The number of carbonyl (C=O) groups excluding carboxylic acids is 2. The summed E-state index contributed by atoms with van der Waals surface area (Å²) in [7, 11) is 1.59. The van der Waals surface area contributed by atoms with Gasteiger partial charge >= 0.3 is 5.97 Å². The van der Waals surface area contributed by atoms with E-state index in [2.05, 4.69) is 5.32 Å². The zero-order chi connectivity index (χ0) is 19.2. The monoisotopic (exact) mass is 363 g/mol. The van der Waals surface area contributed by atoms with E-state index in [4.69, 9.17) is 9.47 Å². The van der Waals surface area contributed by atoms with Gasteiger partial charge in [-0.15, -0.1) is 0 Å². The highest BCUT2D eigenvalue weighted by Crippen LogP contribution is 2.23. The summed E-state index contributed by atoms with van der Waals surface area (Å²) in [4.78, 5) is 24.8. The highest BCUT2D eigenvalue weighted by Gasteiger charge is 2.20. The molecule has 0 aromatic heterocycles. The first kappa shape index (κ1) is 18.6. The average molecular weight is 363 g/mol. The molecule has 1 unspecified atom stereocenters. The lowest BCUT2D eigenvalue weighted by Crippen LogP contribution is -2.30. The van der Waals surface area contributed by atoms with Crippen molar-refractivity contribution in [2.24, 2.45) is 0 Å². The zero-order valence-corrected chi connectivity index (χ0v) is 15.3. The second-order valence-electron chi connectivity index (χ2n) is 6.20. The molecule has 0 saturated carbocycles. The number of methoxy groups -OCH3 is 1. The standard InChI is InChI=1S/C22H21NO4/c1-15(27-22(25)18-10-5-7-16(13-18)14-26-2)21(24)23-20-12-6-9-17-8-3-4-11-19(17)20/h3-13,15H,14H2,1-2H3,(H,23,24). The fourth-order valence-electron chi connectivity index (χ4n) is 2.81. The van der Waals surface area contributed by atoms with Crippen molar-refractivity contribution in [1.29, 1.82) is 0 Å². The number of benzene rings is 3. The van der Waals surface area contributed by atoms with Crippen LogP contribution in [0.15, 0.2) is 66.7 Å². The van der Waals surface area contributed by atoms with Crippen LogP contribution in [0.3, 0.4) is 0 Å². The lowest BCUT2D eigenvalue weighted by Gasteiger charge is -2.15. The summed E-state index contributed by atoms with van der Waals surface area (Å²) in [5, 5.41) is 4.79. The molecule has 1 atom stereocenters. The van der Waals surface area contributed by atoms with E-state index >= 15 is 0 Å². The Morgan fingerprint density at radius 2 is 1.74 bits per heavy atom. The van der Waals surface area contributed by atoms with Gasteiger partial charge in [0, 0.05) is 18.2 Å². The molecule has 0 spiro atoms. The van der Waals surface area contributed by atoms with Gasteiger partial charge in [-0.05, 0) is 36.1 Å². The maximum atomic E-state index is 12.5. The van der Waals surface area contributed by atoms with Crippen LogP contribution in [0, 0.1) is 0 Å². The molecule has 27 heavy (non-hydrogen) atoms. The molecule has 1 amide bonds. The summed E-state index contributed by atoms with van der Waals surface area (Å²) in [5.41, 5.74) is 1.93. The van der Waals surface area contributed by atoms with Crippen LogP contribution in [0.4, 0.5) is 5.69 Å². The summed E-state index contributed by atoms with van der Waals surface area (Å²) in [6.45, 7) is 1.95. The minimum Gasteiger partial charge on any atom is -0.449 e. The van der Waals surface area contributed by atoms with Crippen molar-refractivity contribution in [3.8, 4) is 0 Å². The number of anilines is 1. The van der Waals surface area contributed by atoms with E-state index in [1.54, 1.807) is 32.2 Å². The van der Waals surface area contributed by atoms with Crippen molar-refractivity contribution in [2.45, 2.75) is 19.6 Å². The van der Waals surface area contributed by atoms with Gasteiger partial charge in [-0.3, -0.25) is 4.79 Å². The first-order valence-electron chi connectivity index (χ1n) is 8.66. The lowest BCUT2D eigenvalue weighted by molar-refractivity contribution is -0.123. The van der Waals surface area contributed by atoms with Crippen LogP contribution in [0.2, 0.25) is 0 Å². The molecule has 1 N–H and O–H groups in total. The first-order chi connectivity index (χ1) is 13.1. The Morgan fingerprint density at radius 3 is 2.56 bits per heavy atom. The van der Waals surface area contributed by atoms with E-state index in [9.17, 15) is 9.59 Å². The van der Waals surface area contributed by atoms with Crippen LogP contribution in [-0.4, -0.2) is 25.1 Å². The van der Waals surface area contributed by atoms with Crippen molar-refractivity contribution in [1.82, 2.24) is 0 Å². The Kier molecular flexibility index (Phi) is 5.84. The molecule has 5 nitrogen and oxygen atoms in total. The van der Waals surface area contributed by atoms with Crippen molar-refractivity contribution >= 4 is 28.3 Å². The number of ether oxygens (including phenoxy) is 2. The summed E-state index contributed by atoms with van der Waals surface area (Å²) < 4.78 is 10.4. The molecular formula is C22H21NO4. The van der Waals surface area contributed by atoms with E-state index < -0.39 is 12.1 Å². The maximum Gasteiger partial charge on any atom is 0.338 e. The molecule has 3 rings (SSSR count). The maximum absolute atomic E-state index is 12.5. The van der Waals surface area contributed by atoms with Crippen molar-refractivity contribution in [3.63, 3.8) is 0 Å². The van der Waals surface area contributed by atoms with Gasteiger partial charge in [-0.2, -0.15) is 0 Å². The van der Waals surface area contributed by atoms with Gasteiger partial charge < -0.3 is 14.8 Å². The van der Waals surface area contributed by atoms with E-state index in [0.29, 0.717) is 17.9 Å². The molecule has 3 aromatic rings. The van der Waals surface area contributed by atoms with Crippen LogP contribution in [0.5, 0.6) is 0 Å².